The zero-order valence-corrected chi connectivity index (χ0v) is 12.2. The number of aryl methyl sites for hydroxylation is 2. The summed E-state index contributed by atoms with van der Waals surface area (Å²) in [6, 6.07) is 0. The summed E-state index contributed by atoms with van der Waals surface area (Å²) in [7, 11) is 0. The van der Waals surface area contributed by atoms with E-state index in [0.29, 0.717) is 0 Å². The largest absolute Gasteiger partial charge is 0.388 e. The second kappa shape index (κ2) is 7.07. The zero-order valence-electron chi connectivity index (χ0n) is 11.4. The van der Waals surface area contributed by atoms with Crippen molar-refractivity contribution < 1.29 is 5.11 Å². The van der Waals surface area contributed by atoms with Crippen LogP contribution in [0.15, 0.2) is 0 Å². The van der Waals surface area contributed by atoms with E-state index in [1.165, 1.54) is 5.69 Å². The molecule has 0 aliphatic rings. The molecule has 0 fully saturated rings. The predicted molar refractivity (Wildman–Crippen MR) is 74.6 cm³/mol. The van der Waals surface area contributed by atoms with Gasteiger partial charge in [-0.15, -0.1) is 0 Å². The summed E-state index contributed by atoms with van der Waals surface area (Å²) < 4.78 is 2.09. The Balaban J connectivity index is 3.11. The first-order valence-electron chi connectivity index (χ1n) is 6.44. The van der Waals surface area contributed by atoms with E-state index in [0.717, 1.165) is 42.8 Å². The third-order valence-corrected chi connectivity index (χ3v) is 3.66. The molecule has 1 aromatic heterocycles. The van der Waals surface area contributed by atoms with Crippen molar-refractivity contribution in [3.63, 3.8) is 0 Å². The van der Waals surface area contributed by atoms with Crippen LogP contribution >= 0.6 is 11.8 Å². The Bertz CT molecular complexity index is 349. The van der Waals surface area contributed by atoms with Crippen LogP contribution in [0.25, 0.3) is 0 Å². The molecular weight excluding hydrogens is 232 g/mol. The SMILES string of the molecule is CCc1nn(CCSC)c(CC)c1C(O)CC. The van der Waals surface area contributed by atoms with Gasteiger partial charge in [0.1, 0.15) is 0 Å². The van der Waals surface area contributed by atoms with Crippen LogP contribution in [0.4, 0.5) is 0 Å². The van der Waals surface area contributed by atoms with Gasteiger partial charge in [-0.25, -0.2) is 0 Å². The van der Waals surface area contributed by atoms with E-state index in [4.69, 9.17) is 0 Å². The average Bonchev–Trinajstić information content (AvgIpc) is 2.72. The molecule has 0 aliphatic carbocycles. The Hall–Kier alpha value is -0.480. The number of aliphatic hydroxyl groups is 1. The molecule has 0 saturated carbocycles. The molecule has 1 atom stereocenters. The topological polar surface area (TPSA) is 38.0 Å². The van der Waals surface area contributed by atoms with Crippen molar-refractivity contribution >= 4 is 11.8 Å². The fraction of sp³-hybridized carbons (Fsp3) is 0.769. The van der Waals surface area contributed by atoms with Crippen LogP contribution in [0.3, 0.4) is 0 Å². The van der Waals surface area contributed by atoms with Crippen LogP contribution in [0, 0.1) is 0 Å². The average molecular weight is 256 g/mol. The molecule has 0 saturated heterocycles. The molecule has 0 spiro atoms. The third kappa shape index (κ3) is 3.26. The quantitative estimate of drug-likeness (QED) is 0.815. The van der Waals surface area contributed by atoms with Crippen molar-refractivity contribution in [1.29, 1.82) is 0 Å². The Morgan fingerprint density at radius 3 is 2.47 bits per heavy atom. The van der Waals surface area contributed by atoms with E-state index in [-0.39, 0.29) is 6.10 Å². The molecule has 0 aromatic carbocycles. The van der Waals surface area contributed by atoms with Crippen molar-refractivity contribution in [2.45, 2.75) is 52.7 Å². The number of nitrogens with zero attached hydrogens (tertiary/aromatic N) is 2. The van der Waals surface area contributed by atoms with Gasteiger partial charge in [0.25, 0.3) is 0 Å². The minimum Gasteiger partial charge on any atom is -0.388 e. The molecule has 4 heteroatoms. The predicted octanol–water partition coefficient (Wildman–Crippen LogP) is 2.81. The first kappa shape index (κ1) is 14.6. The second-order valence-electron chi connectivity index (χ2n) is 4.15. The molecule has 1 aromatic rings. The third-order valence-electron chi connectivity index (χ3n) is 3.07. The van der Waals surface area contributed by atoms with Gasteiger partial charge in [-0.05, 0) is 25.5 Å². The number of aliphatic hydroxyl groups excluding tert-OH is 1. The fourth-order valence-electron chi connectivity index (χ4n) is 2.15. The van der Waals surface area contributed by atoms with Crippen molar-refractivity contribution in [3.8, 4) is 0 Å². The van der Waals surface area contributed by atoms with E-state index in [9.17, 15) is 5.11 Å². The van der Waals surface area contributed by atoms with Gasteiger partial charge in [0.05, 0.1) is 18.3 Å². The Labute approximate surface area is 109 Å². The molecular formula is C13H24N2OS. The summed E-state index contributed by atoms with van der Waals surface area (Å²) in [5.74, 6) is 1.07. The van der Waals surface area contributed by atoms with Crippen LogP contribution in [-0.4, -0.2) is 26.9 Å². The van der Waals surface area contributed by atoms with Crippen molar-refractivity contribution in [1.82, 2.24) is 9.78 Å². The van der Waals surface area contributed by atoms with Gasteiger partial charge in [-0.3, -0.25) is 4.68 Å². The number of rotatable bonds is 7. The van der Waals surface area contributed by atoms with Gasteiger partial charge in [0.15, 0.2) is 0 Å². The van der Waals surface area contributed by atoms with Crippen LogP contribution in [0.1, 0.15) is 50.2 Å². The van der Waals surface area contributed by atoms with Crippen LogP contribution in [0.5, 0.6) is 0 Å². The summed E-state index contributed by atoms with van der Waals surface area (Å²) in [5, 5.41) is 14.8. The van der Waals surface area contributed by atoms with Gasteiger partial charge in [0, 0.05) is 17.0 Å². The maximum absolute atomic E-state index is 10.1. The molecule has 0 bridgehead atoms. The number of aromatic nitrogens is 2. The molecule has 17 heavy (non-hydrogen) atoms. The van der Waals surface area contributed by atoms with E-state index in [2.05, 4.69) is 29.9 Å². The van der Waals surface area contributed by atoms with Crippen molar-refractivity contribution in [3.05, 3.63) is 17.0 Å². The number of thioether (sulfide) groups is 1. The number of hydrogen-bond donors (Lipinski definition) is 1. The minimum atomic E-state index is -0.358. The van der Waals surface area contributed by atoms with E-state index < -0.39 is 0 Å². The normalized spacial score (nSPS) is 13.0. The highest BCUT2D eigenvalue weighted by Crippen LogP contribution is 2.26. The first-order valence-corrected chi connectivity index (χ1v) is 7.84. The first-order chi connectivity index (χ1) is 8.19. The van der Waals surface area contributed by atoms with E-state index in [1.54, 1.807) is 0 Å². The van der Waals surface area contributed by atoms with Crippen LogP contribution < -0.4 is 0 Å². The second-order valence-corrected chi connectivity index (χ2v) is 5.14. The zero-order chi connectivity index (χ0) is 12.8. The Morgan fingerprint density at radius 1 is 1.29 bits per heavy atom. The summed E-state index contributed by atoms with van der Waals surface area (Å²) in [6.07, 6.45) is 4.34. The summed E-state index contributed by atoms with van der Waals surface area (Å²) in [6.45, 7) is 7.20. The van der Waals surface area contributed by atoms with Gasteiger partial charge < -0.3 is 5.11 Å². The van der Waals surface area contributed by atoms with Crippen molar-refractivity contribution in [2.75, 3.05) is 12.0 Å². The summed E-state index contributed by atoms with van der Waals surface area (Å²) in [5.41, 5.74) is 3.36. The molecule has 1 unspecified atom stereocenters. The lowest BCUT2D eigenvalue weighted by Crippen LogP contribution is -2.08. The van der Waals surface area contributed by atoms with E-state index >= 15 is 0 Å². The highest BCUT2D eigenvalue weighted by atomic mass is 32.2. The molecule has 1 heterocycles. The lowest BCUT2D eigenvalue weighted by atomic mass is 10.0. The summed E-state index contributed by atoms with van der Waals surface area (Å²) in [4.78, 5) is 0. The molecule has 0 amide bonds. The fourth-order valence-corrected chi connectivity index (χ4v) is 2.51. The standard InChI is InChI=1S/C13H24N2OS/c1-5-10-13(12(16)7-3)11(6-2)15(14-10)8-9-17-4/h12,16H,5-9H2,1-4H3. The highest BCUT2D eigenvalue weighted by molar-refractivity contribution is 7.98. The lowest BCUT2D eigenvalue weighted by Gasteiger charge is -2.11. The van der Waals surface area contributed by atoms with E-state index in [1.807, 2.05) is 18.7 Å². The minimum absolute atomic E-state index is 0.358. The monoisotopic (exact) mass is 256 g/mol. The van der Waals surface area contributed by atoms with Crippen molar-refractivity contribution in [2.24, 2.45) is 0 Å². The number of hydrogen-bond acceptors (Lipinski definition) is 3. The molecule has 98 valence electrons. The lowest BCUT2D eigenvalue weighted by molar-refractivity contribution is 0.171. The molecule has 0 radical (unpaired) electrons. The maximum Gasteiger partial charge on any atom is 0.0823 e. The van der Waals surface area contributed by atoms with Gasteiger partial charge in [-0.2, -0.15) is 16.9 Å². The van der Waals surface area contributed by atoms with Gasteiger partial charge in [0.2, 0.25) is 0 Å². The van der Waals surface area contributed by atoms with Gasteiger partial charge >= 0.3 is 0 Å². The molecule has 0 aliphatic heterocycles. The van der Waals surface area contributed by atoms with Gasteiger partial charge in [-0.1, -0.05) is 20.8 Å². The molecule has 1 rings (SSSR count). The summed E-state index contributed by atoms with van der Waals surface area (Å²) >= 11 is 1.83. The van der Waals surface area contributed by atoms with Crippen LogP contribution in [-0.2, 0) is 19.4 Å². The Morgan fingerprint density at radius 2 is 2.00 bits per heavy atom. The Kier molecular flexibility index (Phi) is 6.06. The van der Waals surface area contributed by atoms with Crippen LogP contribution in [0.2, 0.25) is 0 Å². The maximum atomic E-state index is 10.1. The molecule has 1 N–H and O–H groups in total. The smallest absolute Gasteiger partial charge is 0.0823 e. The highest BCUT2D eigenvalue weighted by Gasteiger charge is 2.20. The molecule has 3 nitrogen and oxygen atoms in total.